The van der Waals surface area contributed by atoms with E-state index in [1.54, 1.807) is 0 Å². The highest BCUT2D eigenvalue weighted by Crippen LogP contribution is 2.33. The summed E-state index contributed by atoms with van der Waals surface area (Å²) in [5.41, 5.74) is 11.6. The number of carbonyl (C=O) groups is 5. The molecular formula is C30H48N6O5. The van der Waals surface area contributed by atoms with E-state index in [0.29, 0.717) is 25.7 Å². The molecule has 0 aliphatic heterocycles. The molecule has 5 rings (SSSR count). The first-order valence-electron chi connectivity index (χ1n) is 16.0. The summed E-state index contributed by atoms with van der Waals surface area (Å²) in [6.45, 7) is 0. The Morgan fingerprint density at radius 3 is 1.05 bits per heavy atom. The molecule has 0 aromatic rings. The van der Waals surface area contributed by atoms with Gasteiger partial charge in [0.05, 0.1) is 29.6 Å². The molecule has 8 N–H and O–H groups in total. The molecule has 11 heteroatoms. The van der Waals surface area contributed by atoms with Gasteiger partial charge in [0, 0.05) is 30.2 Å². The lowest BCUT2D eigenvalue weighted by Crippen LogP contribution is -2.53. The largest absolute Gasteiger partial charge is 0.369 e. The highest BCUT2D eigenvalue weighted by atomic mass is 16.2. The molecule has 5 aliphatic carbocycles. The van der Waals surface area contributed by atoms with Gasteiger partial charge in [0.15, 0.2) is 0 Å². The molecule has 5 saturated carbocycles. The molecule has 0 radical (unpaired) electrons. The first-order valence-corrected chi connectivity index (χ1v) is 16.0. The molecule has 5 fully saturated rings. The lowest BCUT2D eigenvalue weighted by atomic mass is 9.96. The van der Waals surface area contributed by atoms with Crippen molar-refractivity contribution in [1.82, 2.24) is 21.3 Å². The Bertz CT molecular complexity index is 1020. The number of rotatable bonds is 9. The smallest absolute Gasteiger partial charge is 0.225 e. The van der Waals surface area contributed by atoms with E-state index in [1.165, 1.54) is 0 Å². The Balaban J connectivity index is 1.13. The minimum atomic E-state index is -0.372. The maximum atomic E-state index is 13.4. The number of nitrogens with two attached hydrogens (primary N) is 2. The fraction of sp³-hybridized carbons (Fsp3) is 0.833. The van der Waals surface area contributed by atoms with Crippen molar-refractivity contribution >= 4 is 29.5 Å². The topological polar surface area (TPSA) is 186 Å². The van der Waals surface area contributed by atoms with Gasteiger partial charge in [0.25, 0.3) is 0 Å². The number of nitrogens with one attached hydrogen (secondary N) is 4. The number of amides is 5. The number of hydrogen-bond acceptors (Lipinski definition) is 6. The first-order chi connectivity index (χ1) is 19.7. The maximum Gasteiger partial charge on any atom is 0.225 e. The summed E-state index contributed by atoms with van der Waals surface area (Å²) in [4.78, 5) is 64.5. The van der Waals surface area contributed by atoms with Crippen molar-refractivity contribution in [2.45, 2.75) is 127 Å². The number of primary amides is 1. The van der Waals surface area contributed by atoms with Gasteiger partial charge >= 0.3 is 0 Å². The second-order valence-corrected chi connectivity index (χ2v) is 13.2. The predicted molar refractivity (Wildman–Crippen MR) is 152 cm³/mol. The zero-order valence-electron chi connectivity index (χ0n) is 24.1. The molecule has 0 unspecified atom stereocenters. The number of hydrogen-bond donors (Lipinski definition) is 6. The van der Waals surface area contributed by atoms with E-state index in [0.717, 1.165) is 70.6 Å². The fourth-order valence-electron chi connectivity index (χ4n) is 8.29. The average Bonchev–Trinajstić information content (AvgIpc) is 3.74. The van der Waals surface area contributed by atoms with Crippen LogP contribution in [0, 0.1) is 29.6 Å². The van der Waals surface area contributed by atoms with Crippen molar-refractivity contribution in [3.63, 3.8) is 0 Å². The van der Waals surface area contributed by atoms with Gasteiger partial charge in [-0.15, -0.1) is 0 Å². The summed E-state index contributed by atoms with van der Waals surface area (Å²) < 4.78 is 0. The number of carbonyl (C=O) groups excluding carboxylic acids is 5. The van der Waals surface area contributed by atoms with E-state index >= 15 is 0 Å². The van der Waals surface area contributed by atoms with E-state index in [1.807, 2.05) is 0 Å². The Morgan fingerprint density at radius 2 is 0.707 bits per heavy atom. The summed E-state index contributed by atoms with van der Waals surface area (Å²) >= 11 is 0. The third kappa shape index (κ3) is 6.70. The van der Waals surface area contributed by atoms with Gasteiger partial charge in [-0.3, -0.25) is 24.0 Å². The maximum absolute atomic E-state index is 13.4. The van der Waals surface area contributed by atoms with Crippen molar-refractivity contribution in [2.75, 3.05) is 0 Å². The zero-order chi connectivity index (χ0) is 29.1. The van der Waals surface area contributed by atoms with Gasteiger partial charge in [-0.25, -0.2) is 0 Å². The lowest BCUT2D eigenvalue weighted by Gasteiger charge is -2.28. The second kappa shape index (κ2) is 13.1. The van der Waals surface area contributed by atoms with Crippen LogP contribution in [0.4, 0.5) is 0 Å². The monoisotopic (exact) mass is 572 g/mol. The molecule has 5 aliphatic rings. The first kappa shape index (κ1) is 29.8. The highest BCUT2D eigenvalue weighted by Gasteiger charge is 2.43. The Kier molecular flexibility index (Phi) is 9.51. The van der Waals surface area contributed by atoms with Crippen molar-refractivity contribution in [3.8, 4) is 0 Å². The summed E-state index contributed by atoms with van der Waals surface area (Å²) in [5, 5.41) is 12.5. The summed E-state index contributed by atoms with van der Waals surface area (Å²) in [5.74, 6) is -2.21. The third-order valence-corrected chi connectivity index (χ3v) is 10.7. The van der Waals surface area contributed by atoms with Gasteiger partial charge in [0.1, 0.15) is 0 Å². The SMILES string of the molecule is NC(=O)[C@@H]1CCC[C@@H]1NC(=O)[C@@H]1CCC[C@@H]1NC(=O)[C@@H]1CCC[C@@H]1NC(=O)[C@@H]1CCC[C@@H]1NC(=O)[C@@H]1CCC[C@@H]1N. The lowest BCUT2D eigenvalue weighted by molar-refractivity contribution is -0.129. The van der Waals surface area contributed by atoms with Crippen LogP contribution in [0.3, 0.4) is 0 Å². The molecule has 0 bridgehead atoms. The van der Waals surface area contributed by atoms with Crippen LogP contribution in [0.25, 0.3) is 0 Å². The molecule has 0 spiro atoms. The van der Waals surface area contributed by atoms with Crippen LogP contribution < -0.4 is 32.7 Å². The van der Waals surface area contributed by atoms with E-state index < -0.39 is 0 Å². The van der Waals surface area contributed by atoms with Crippen LogP contribution in [-0.2, 0) is 24.0 Å². The van der Waals surface area contributed by atoms with Crippen LogP contribution >= 0.6 is 0 Å². The predicted octanol–water partition coefficient (Wildman–Crippen LogP) is 0.739. The molecule has 41 heavy (non-hydrogen) atoms. The van der Waals surface area contributed by atoms with Crippen LogP contribution in [0.5, 0.6) is 0 Å². The van der Waals surface area contributed by atoms with Gasteiger partial charge in [-0.05, 0) is 64.2 Å². The van der Waals surface area contributed by atoms with Crippen LogP contribution in [0.2, 0.25) is 0 Å². The fourth-order valence-corrected chi connectivity index (χ4v) is 8.29. The molecule has 0 heterocycles. The minimum Gasteiger partial charge on any atom is -0.369 e. The summed E-state index contributed by atoms with van der Waals surface area (Å²) in [6, 6.07) is -1.06. The molecule has 228 valence electrons. The Hall–Kier alpha value is -2.69. The van der Waals surface area contributed by atoms with Crippen molar-refractivity contribution in [2.24, 2.45) is 41.1 Å². The van der Waals surface area contributed by atoms with E-state index in [2.05, 4.69) is 21.3 Å². The van der Waals surface area contributed by atoms with Gasteiger partial charge in [0.2, 0.25) is 29.5 Å². The van der Waals surface area contributed by atoms with E-state index in [9.17, 15) is 24.0 Å². The van der Waals surface area contributed by atoms with Crippen LogP contribution in [0.1, 0.15) is 96.3 Å². The van der Waals surface area contributed by atoms with Gasteiger partial charge < -0.3 is 32.7 Å². The molecule has 5 amide bonds. The van der Waals surface area contributed by atoms with E-state index in [-0.39, 0.29) is 89.3 Å². The zero-order valence-corrected chi connectivity index (χ0v) is 24.1. The molecule has 11 nitrogen and oxygen atoms in total. The molecule has 0 aromatic heterocycles. The standard InChI is InChI=1S/C30H48N6O5/c31-21-11-1-6-16(21)27(38)34-23-13-3-8-18(23)29(40)36-25-15-5-10-20(25)30(41)35-24-14-4-9-19(24)28(39)33-22-12-2-7-17(22)26(32)37/h16-25H,1-15,31H2,(H2,32,37)(H,33,39)(H,34,38)(H,35,41)(H,36,40)/t16-,17-,18-,19-,20-,21+,22+,23+,24+,25+/m1/s1. The van der Waals surface area contributed by atoms with Crippen molar-refractivity contribution in [1.29, 1.82) is 0 Å². The Labute approximate surface area is 242 Å². The third-order valence-electron chi connectivity index (χ3n) is 10.7. The van der Waals surface area contributed by atoms with Crippen LogP contribution in [-0.4, -0.2) is 59.7 Å². The normalized spacial score (nSPS) is 38.5. The molecule has 10 atom stereocenters. The quantitative estimate of drug-likeness (QED) is 0.236. The Morgan fingerprint density at radius 1 is 0.415 bits per heavy atom. The van der Waals surface area contributed by atoms with E-state index in [4.69, 9.17) is 11.5 Å². The average molecular weight is 573 g/mol. The molecule has 0 saturated heterocycles. The summed E-state index contributed by atoms with van der Waals surface area (Å²) in [6.07, 6.45) is 11.8. The second-order valence-electron chi connectivity index (χ2n) is 13.2. The highest BCUT2D eigenvalue weighted by molar-refractivity contribution is 5.86. The van der Waals surface area contributed by atoms with Gasteiger partial charge in [-0.1, -0.05) is 32.1 Å². The minimum absolute atomic E-state index is 0.0361. The summed E-state index contributed by atoms with van der Waals surface area (Å²) in [7, 11) is 0. The molecule has 0 aromatic carbocycles. The molecular weight excluding hydrogens is 524 g/mol. The van der Waals surface area contributed by atoms with Crippen LogP contribution in [0.15, 0.2) is 0 Å². The van der Waals surface area contributed by atoms with Crippen molar-refractivity contribution < 1.29 is 24.0 Å². The van der Waals surface area contributed by atoms with Crippen molar-refractivity contribution in [3.05, 3.63) is 0 Å². The van der Waals surface area contributed by atoms with Gasteiger partial charge in [-0.2, -0.15) is 0 Å².